The zero-order valence-electron chi connectivity index (χ0n) is 19.1. The van der Waals surface area contributed by atoms with E-state index >= 15 is 0 Å². The van der Waals surface area contributed by atoms with Gasteiger partial charge in [0.25, 0.3) is 5.91 Å². The normalized spacial score (nSPS) is 13.5. The van der Waals surface area contributed by atoms with E-state index in [9.17, 15) is 14.7 Å². The molecule has 0 aliphatic carbocycles. The maximum Gasteiger partial charge on any atom is 0.255 e. The van der Waals surface area contributed by atoms with Gasteiger partial charge in [-0.1, -0.05) is 25.1 Å². The molecule has 0 atom stereocenters. The van der Waals surface area contributed by atoms with Crippen LogP contribution in [-0.4, -0.2) is 68.1 Å². The van der Waals surface area contributed by atoms with Crippen molar-refractivity contribution in [1.29, 1.82) is 0 Å². The van der Waals surface area contributed by atoms with Gasteiger partial charge in [-0.3, -0.25) is 14.5 Å². The first-order valence-electron chi connectivity index (χ1n) is 10.8. The van der Waals surface area contributed by atoms with Crippen molar-refractivity contribution in [1.82, 2.24) is 10.2 Å². The number of phenolic OH excluding ortho intramolecular Hbond substituents is 1. The Hall–Kier alpha value is -2.48. The van der Waals surface area contributed by atoms with Gasteiger partial charge in [0.05, 0.1) is 23.9 Å². The van der Waals surface area contributed by atoms with Crippen molar-refractivity contribution in [2.45, 2.75) is 19.8 Å². The Morgan fingerprint density at radius 2 is 1.67 bits per heavy atom. The Labute approximate surface area is 207 Å². The highest BCUT2D eigenvalue weighted by atomic mass is 35.5. The molecule has 1 fully saturated rings. The van der Waals surface area contributed by atoms with Crippen molar-refractivity contribution < 1.29 is 19.4 Å². The number of ketones is 1. The number of methoxy groups -OCH3 is 1. The molecule has 0 bridgehead atoms. The van der Waals surface area contributed by atoms with E-state index in [1.165, 1.54) is 6.07 Å². The zero-order chi connectivity index (χ0) is 22.2. The summed E-state index contributed by atoms with van der Waals surface area (Å²) in [6.45, 7) is 6.89. The van der Waals surface area contributed by atoms with Gasteiger partial charge in [-0.15, -0.1) is 24.8 Å². The fourth-order valence-corrected chi connectivity index (χ4v) is 3.85. The van der Waals surface area contributed by atoms with E-state index in [2.05, 4.69) is 21.2 Å². The second-order valence-corrected chi connectivity index (χ2v) is 7.59. The van der Waals surface area contributed by atoms with Crippen molar-refractivity contribution in [2.75, 3.05) is 51.3 Å². The van der Waals surface area contributed by atoms with Crippen molar-refractivity contribution in [3.8, 4) is 11.5 Å². The maximum absolute atomic E-state index is 12.4. The van der Waals surface area contributed by atoms with Crippen molar-refractivity contribution in [3.05, 3.63) is 53.6 Å². The number of hydrogen-bond acceptors (Lipinski definition) is 6. The third-order valence-corrected chi connectivity index (χ3v) is 5.64. The summed E-state index contributed by atoms with van der Waals surface area (Å²) in [5, 5.41) is 13.1. The molecule has 1 heterocycles. The summed E-state index contributed by atoms with van der Waals surface area (Å²) in [6, 6.07) is 12.8. The summed E-state index contributed by atoms with van der Waals surface area (Å²) in [6.07, 6.45) is 1.09. The smallest absolute Gasteiger partial charge is 0.255 e. The number of carbonyl (C=O) groups excluding carboxylic acids is 2. The largest absolute Gasteiger partial charge is 0.506 e. The summed E-state index contributed by atoms with van der Waals surface area (Å²) in [4.78, 5) is 29.0. The molecule has 9 heteroatoms. The van der Waals surface area contributed by atoms with Gasteiger partial charge >= 0.3 is 0 Å². The third kappa shape index (κ3) is 7.25. The number of aromatic hydroxyl groups is 1. The van der Waals surface area contributed by atoms with E-state index < -0.39 is 0 Å². The first kappa shape index (κ1) is 28.6. The molecule has 182 valence electrons. The van der Waals surface area contributed by atoms with Gasteiger partial charge in [0.15, 0.2) is 5.78 Å². The first-order chi connectivity index (χ1) is 15.0. The maximum atomic E-state index is 12.4. The van der Waals surface area contributed by atoms with E-state index in [0.717, 1.165) is 50.6 Å². The van der Waals surface area contributed by atoms with Crippen molar-refractivity contribution >= 4 is 42.2 Å². The van der Waals surface area contributed by atoms with Crippen LogP contribution in [0.2, 0.25) is 0 Å². The molecule has 0 saturated carbocycles. The van der Waals surface area contributed by atoms with Crippen LogP contribution >= 0.6 is 24.8 Å². The first-order valence-corrected chi connectivity index (χ1v) is 10.8. The number of nitrogens with zero attached hydrogens (tertiary/aromatic N) is 2. The van der Waals surface area contributed by atoms with Gasteiger partial charge in [-0.25, -0.2) is 0 Å². The fraction of sp³-hybridized carbons (Fsp3) is 0.417. The summed E-state index contributed by atoms with van der Waals surface area (Å²) in [5.41, 5.74) is 1.47. The lowest BCUT2D eigenvalue weighted by Gasteiger charge is -2.36. The van der Waals surface area contributed by atoms with Gasteiger partial charge in [-0.2, -0.15) is 0 Å². The number of Topliss-reactive ketones (excluding diaryl/α,β-unsaturated/α-hetero) is 1. The highest BCUT2D eigenvalue weighted by molar-refractivity contribution is 6.04. The standard InChI is InChI=1S/C24H31N3O4.2ClH/c1-3-21(28)18-8-6-9-19(23(18)29)24(30)25-12-7-13-26-14-16-27(17-15-26)20-10-4-5-11-22(20)31-2;;/h4-6,8-11,29H,3,7,12-17H2,1-2H3,(H,25,30);2*1H. The Morgan fingerprint density at radius 3 is 2.33 bits per heavy atom. The minimum Gasteiger partial charge on any atom is -0.506 e. The van der Waals surface area contributed by atoms with E-state index in [1.54, 1.807) is 26.2 Å². The monoisotopic (exact) mass is 497 g/mol. The summed E-state index contributed by atoms with van der Waals surface area (Å²) in [5.74, 6) is 0.120. The molecule has 2 aromatic carbocycles. The Bertz CT molecular complexity index is 918. The van der Waals surface area contributed by atoms with E-state index in [4.69, 9.17) is 4.74 Å². The van der Waals surface area contributed by atoms with Gasteiger partial charge in [-0.05, 0) is 37.2 Å². The minimum atomic E-state index is -0.357. The van der Waals surface area contributed by atoms with E-state index in [0.29, 0.717) is 6.54 Å². The lowest BCUT2D eigenvalue weighted by atomic mass is 10.0. The lowest BCUT2D eigenvalue weighted by molar-refractivity contribution is 0.0948. The number of halogens is 2. The lowest BCUT2D eigenvalue weighted by Crippen LogP contribution is -2.47. The molecule has 7 nitrogen and oxygen atoms in total. The number of amides is 1. The van der Waals surface area contributed by atoms with E-state index in [1.807, 2.05) is 18.2 Å². The predicted molar refractivity (Wildman–Crippen MR) is 136 cm³/mol. The molecule has 1 saturated heterocycles. The van der Waals surface area contributed by atoms with E-state index in [-0.39, 0.29) is 59.8 Å². The molecular formula is C24H33Cl2N3O4. The average Bonchev–Trinajstić information content (AvgIpc) is 2.81. The molecule has 0 spiro atoms. The number of carbonyl (C=O) groups is 2. The number of benzene rings is 2. The topological polar surface area (TPSA) is 82.1 Å². The number of para-hydroxylation sites is 3. The molecule has 2 aromatic rings. The molecule has 0 aromatic heterocycles. The van der Waals surface area contributed by atoms with Gasteiger partial charge in [0.1, 0.15) is 11.5 Å². The van der Waals surface area contributed by atoms with Crippen LogP contribution in [0.4, 0.5) is 5.69 Å². The number of anilines is 1. The molecule has 33 heavy (non-hydrogen) atoms. The predicted octanol–water partition coefficient (Wildman–Crippen LogP) is 3.78. The second-order valence-electron chi connectivity index (χ2n) is 7.59. The molecule has 0 unspecified atom stereocenters. The van der Waals surface area contributed by atoms with Crippen LogP contribution in [0.15, 0.2) is 42.5 Å². The Morgan fingerprint density at radius 1 is 1.00 bits per heavy atom. The van der Waals surface area contributed by atoms with Crippen molar-refractivity contribution in [2.24, 2.45) is 0 Å². The SMILES string of the molecule is CCC(=O)c1cccc(C(=O)NCCCN2CCN(c3ccccc3OC)CC2)c1O.Cl.Cl. The second kappa shape index (κ2) is 13.9. The molecule has 1 aliphatic heterocycles. The van der Waals surface area contributed by atoms with Gasteiger partial charge in [0, 0.05) is 39.1 Å². The van der Waals surface area contributed by atoms with Crippen LogP contribution in [-0.2, 0) is 0 Å². The number of rotatable bonds is 9. The zero-order valence-corrected chi connectivity index (χ0v) is 20.7. The third-order valence-electron chi connectivity index (χ3n) is 5.64. The number of nitrogens with one attached hydrogen (secondary N) is 1. The van der Waals surface area contributed by atoms with Crippen LogP contribution in [0.25, 0.3) is 0 Å². The summed E-state index contributed by atoms with van der Waals surface area (Å²) < 4.78 is 5.47. The summed E-state index contributed by atoms with van der Waals surface area (Å²) >= 11 is 0. The van der Waals surface area contributed by atoms with Gasteiger partial charge in [0.2, 0.25) is 0 Å². The van der Waals surface area contributed by atoms with Crippen molar-refractivity contribution in [3.63, 3.8) is 0 Å². The molecule has 2 N–H and O–H groups in total. The van der Waals surface area contributed by atoms with Crippen LogP contribution in [0.1, 0.15) is 40.5 Å². The van der Waals surface area contributed by atoms with Crippen LogP contribution < -0.4 is 15.0 Å². The van der Waals surface area contributed by atoms with Gasteiger partial charge < -0.3 is 20.1 Å². The fourth-order valence-electron chi connectivity index (χ4n) is 3.85. The molecular weight excluding hydrogens is 465 g/mol. The van der Waals surface area contributed by atoms with Crippen LogP contribution in [0.3, 0.4) is 0 Å². The highest BCUT2D eigenvalue weighted by Gasteiger charge is 2.20. The minimum absolute atomic E-state index is 0. The number of phenols is 1. The number of hydrogen-bond donors (Lipinski definition) is 2. The molecule has 1 amide bonds. The molecule has 1 aliphatic rings. The highest BCUT2D eigenvalue weighted by Crippen LogP contribution is 2.28. The Kier molecular flexibility index (Phi) is 12.1. The molecule has 3 rings (SSSR count). The number of ether oxygens (including phenoxy) is 1. The van der Waals surface area contributed by atoms with Crippen LogP contribution in [0, 0.1) is 0 Å². The summed E-state index contributed by atoms with van der Waals surface area (Å²) in [7, 11) is 1.70. The van der Waals surface area contributed by atoms with Crippen LogP contribution in [0.5, 0.6) is 11.5 Å². The Balaban J connectivity index is 0.00000272. The molecule has 0 radical (unpaired) electrons. The average molecular weight is 498 g/mol. The quantitative estimate of drug-likeness (QED) is 0.405. The number of piperazine rings is 1.